The Bertz CT molecular complexity index is 451. The maximum Gasteiger partial charge on any atom is 0.0605 e. The van der Waals surface area contributed by atoms with Crippen molar-refractivity contribution in [1.82, 2.24) is 0 Å². The van der Waals surface area contributed by atoms with Crippen molar-refractivity contribution < 1.29 is 0 Å². The van der Waals surface area contributed by atoms with E-state index in [9.17, 15) is 0 Å². The van der Waals surface area contributed by atoms with Crippen molar-refractivity contribution >= 4 is 39.0 Å². The summed E-state index contributed by atoms with van der Waals surface area (Å²) in [6.07, 6.45) is 0. The number of nitrogens with two attached hydrogens (primary N) is 1. The van der Waals surface area contributed by atoms with Gasteiger partial charge in [0.15, 0.2) is 0 Å². The Morgan fingerprint density at radius 1 is 1.24 bits per heavy atom. The second kappa shape index (κ2) is 6.05. The van der Waals surface area contributed by atoms with Crippen LogP contribution in [0.25, 0.3) is 0 Å². The van der Waals surface area contributed by atoms with Gasteiger partial charge in [-0.1, -0.05) is 34.1 Å². The predicted molar refractivity (Wildman–Crippen MR) is 80.7 cm³/mol. The standard InChI is InChI=1S/C13H14BrNS2/c1-9(15)13(17-12-3-2-8-16-12)10-4-6-11(14)7-5-10/h2-9,13H,15H2,1H3. The largest absolute Gasteiger partial charge is 0.327 e. The van der Waals surface area contributed by atoms with Gasteiger partial charge in [0.25, 0.3) is 0 Å². The number of benzene rings is 1. The van der Waals surface area contributed by atoms with Crippen molar-refractivity contribution in [3.8, 4) is 0 Å². The first-order valence-corrected chi connectivity index (χ1v) is 7.93. The Morgan fingerprint density at radius 2 is 1.94 bits per heavy atom. The van der Waals surface area contributed by atoms with Crippen molar-refractivity contribution in [2.45, 2.75) is 22.4 Å². The molecule has 0 saturated carbocycles. The van der Waals surface area contributed by atoms with Crippen molar-refractivity contribution in [3.63, 3.8) is 0 Å². The highest BCUT2D eigenvalue weighted by Crippen LogP contribution is 2.39. The van der Waals surface area contributed by atoms with Crippen LogP contribution in [0, 0.1) is 0 Å². The number of halogens is 1. The van der Waals surface area contributed by atoms with E-state index < -0.39 is 0 Å². The molecule has 17 heavy (non-hydrogen) atoms. The zero-order valence-corrected chi connectivity index (χ0v) is 12.7. The molecular weight excluding hydrogens is 314 g/mol. The van der Waals surface area contributed by atoms with Gasteiger partial charge < -0.3 is 5.73 Å². The average molecular weight is 328 g/mol. The lowest BCUT2D eigenvalue weighted by atomic mass is 10.1. The van der Waals surface area contributed by atoms with Gasteiger partial charge in [0.05, 0.1) is 9.46 Å². The third kappa shape index (κ3) is 3.58. The van der Waals surface area contributed by atoms with Gasteiger partial charge in [0.1, 0.15) is 0 Å². The topological polar surface area (TPSA) is 26.0 Å². The van der Waals surface area contributed by atoms with Crippen molar-refractivity contribution in [3.05, 3.63) is 51.8 Å². The summed E-state index contributed by atoms with van der Waals surface area (Å²) >= 11 is 7.06. The monoisotopic (exact) mass is 327 g/mol. The predicted octanol–water partition coefficient (Wildman–Crippen LogP) is 4.69. The summed E-state index contributed by atoms with van der Waals surface area (Å²) < 4.78 is 2.42. The van der Waals surface area contributed by atoms with Crippen LogP contribution in [-0.2, 0) is 0 Å². The Morgan fingerprint density at radius 3 is 2.47 bits per heavy atom. The SMILES string of the molecule is CC(N)C(Sc1cccs1)c1ccc(Br)cc1. The van der Waals surface area contributed by atoms with Crippen molar-refractivity contribution in [1.29, 1.82) is 0 Å². The zero-order valence-electron chi connectivity index (χ0n) is 9.47. The Labute approximate surface area is 119 Å². The smallest absolute Gasteiger partial charge is 0.0605 e. The Balaban J connectivity index is 2.20. The molecule has 1 aromatic heterocycles. The molecule has 0 bridgehead atoms. The van der Waals surface area contributed by atoms with E-state index in [1.807, 2.05) is 11.8 Å². The number of hydrogen-bond donors (Lipinski definition) is 1. The van der Waals surface area contributed by atoms with Crippen molar-refractivity contribution in [2.75, 3.05) is 0 Å². The van der Waals surface area contributed by atoms with Gasteiger partial charge in [0, 0.05) is 10.5 Å². The summed E-state index contributed by atoms with van der Waals surface area (Å²) in [6, 6.07) is 12.8. The molecule has 2 unspecified atom stereocenters. The summed E-state index contributed by atoms with van der Waals surface area (Å²) in [6.45, 7) is 2.06. The van der Waals surface area contributed by atoms with E-state index in [0.717, 1.165) is 4.47 Å². The van der Waals surface area contributed by atoms with Crippen LogP contribution in [0.1, 0.15) is 17.7 Å². The molecule has 0 spiro atoms. The van der Waals surface area contributed by atoms with E-state index in [0.29, 0.717) is 5.25 Å². The van der Waals surface area contributed by atoms with Crippen molar-refractivity contribution in [2.24, 2.45) is 5.73 Å². The highest BCUT2D eigenvalue weighted by atomic mass is 79.9. The van der Waals surface area contributed by atoms with E-state index in [-0.39, 0.29) is 6.04 Å². The van der Waals surface area contributed by atoms with E-state index >= 15 is 0 Å². The van der Waals surface area contributed by atoms with Crippen LogP contribution in [0.5, 0.6) is 0 Å². The average Bonchev–Trinajstić information content (AvgIpc) is 2.80. The molecule has 0 aliphatic heterocycles. The molecular formula is C13H14BrNS2. The normalized spacial score (nSPS) is 14.5. The maximum absolute atomic E-state index is 6.10. The summed E-state index contributed by atoms with van der Waals surface area (Å²) in [7, 11) is 0. The molecule has 0 amide bonds. The first kappa shape index (κ1) is 13.1. The Kier molecular flexibility index (Phi) is 4.68. The molecule has 4 heteroatoms. The molecule has 0 aliphatic rings. The van der Waals surface area contributed by atoms with Gasteiger partial charge in [-0.3, -0.25) is 0 Å². The highest BCUT2D eigenvalue weighted by molar-refractivity contribution is 9.10. The molecule has 0 saturated heterocycles. The quantitative estimate of drug-likeness (QED) is 0.824. The van der Waals surface area contributed by atoms with E-state index in [1.165, 1.54) is 9.77 Å². The third-order valence-corrected chi connectivity index (χ3v) is 5.51. The lowest BCUT2D eigenvalue weighted by molar-refractivity contribution is 0.722. The van der Waals surface area contributed by atoms with E-state index in [1.54, 1.807) is 11.3 Å². The van der Waals surface area contributed by atoms with Crippen LogP contribution in [0.15, 0.2) is 50.5 Å². The molecule has 2 atom stereocenters. The van der Waals surface area contributed by atoms with E-state index in [4.69, 9.17) is 5.73 Å². The second-order valence-electron chi connectivity index (χ2n) is 3.88. The molecule has 0 radical (unpaired) electrons. The molecule has 1 aromatic carbocycles. The van der Waals surface area contributed by atoms with Crippen LogP contribution in [0.2, 0.25) is 0 Å². The fourth-order valence-corrected chi connectivity index (χ4v) is 3.91. The summed E-state index contributed by atoms with van der Waals surface area (Å²) in [5, 5.41) is 2.41. The zero-order chi connectivity index (χ0) is 12.3. The molecule has 1 nitrogen and oxygen atoms in total. The number of thioether (sulfide) groups is 1. The van der Waals surface area contributed by atoms with Gasteiger partial charge in [0.2, 0.25) is 0 Å². The fraction of sp³-hybridized carbons (Fsp3) is 0.231. The molecule has 2 N–H and O–H groups in total. The first-order valence-electron chi connectivity index (χ1n) is 5.38. The molecule has 90 valence electrons. The minimum Gasteiger partial charge on any atom is -0.327 e. The summed E-state index contributed by atoms with van der Waals surface area (Å²) in [5.41, 5.74) is 7.37. The second-order valence-corrected chi connectivity index (χ2v) is 7.19. The molecule has 2 aromatic rings. The lowest BCUT2D eigenvalue weighted by Gasteiger charge is -2.20. The molecule has 0 fully saturated rings. The number of thiophene rings is 1. The van der Waals surface area contributed by atoms with Crippen LogP contribution in [0.4, 0.5) is 0 Å². The molecule has 1 heterocycles. The summed E-state index contributed by atoms with van der Waals surface area (Å²) in [5.74, 6) is 0. The highest BCUT2D eigenvalue weighted by Gasteiger charge is 2.18. The minimum absolute atomic E-state index is 0.128. The van der Waals surface area contributed by atoms with Crippen LogP contribution in [-0.4, -0.2) is 6.04 Å². The lowest BCUT2D eigenvalue weighted by Crippen LogP contribution is -2.22. The van der Waals surface area contributed by atoms with Gasteiger partial charge in [-0.2, -0.15) is 0 Å². The fourth-order valence-electron chi connectivity index (χ4n) is 1.59. The van der Waals surface area contributed by atoms with Gasteiger partial charge in [-0.25, -0.2) is 0 Å². The van der Waals surface area contributed by atoms with Crippen LogP contribution >= 0.6 is 39.0 Å². The third-order valence-electron chi connectivity index (χ3n) is 2.41. The Hall–Kier alpha value is -0.290. The molecule has 2 rings (SSSR count). The van der Waals surface area contributed by atoms with Gasteiger partial charge >= 0.3 is 0 Å². The number of hydrogen-bond acceptors (Lipinski definition) is 3. The first-order chi connectivity index (χ1) is 8.16. The number of rotatable bonds is 4. The van der Waals surface area contributed by atoms with Crippen LogP contribution < -0.4 is 5.73 Å². The van der Waals surface area contributed by atoms with Crippen LogP contribution in [0.3, 0.4) is 0 Å². The van der Waals surface area contributed by atoms with Gasteiger partial charge in [-0.15, -0.1) is 23.1 Å². The summed E-state index contributed by atoms with van der Waals surface area (Å²) in [4.78, 5) is 0. The van der Waals surface area contributed by atoms with Gasteiger partial charge in [-0.05, 0) is 36.1 Å². The van der Waals surface area contributed by atoms with E-state index in [2.05, 4.69) is 64.6 Å². The molecule has 0 aliphatic carbocycles. The maximum atomic E-state index is 6.10. The minimum atomic E-state index is 0.128.